The van der Waals surface area contributed by atoms with E-state index in [0.29, 0.717) is 0 Å². The molecule has 0 radical (unpaired) electrons. The zero-order chi connectivity index (χ0) is 12.1. The van der Waals surface area contributed by atoms with Crippen LogP contribution in [0.25, 0.3) is 0 Å². The summed E-state index contributed by atoms with van der Waals surface area (Å²) in [6, 6.07) is 0. The van der Waals surface area contributed by atoms with E-state index < -0.39 is 5.97 Å². The van der Waals surface area contributed by atoms with Crippen LogP contribution in [0.15, 0.2) is 24.3 Å². The molecule has 1 N–H and O–H groups in total. The molecule has 84 valence electrons. The normalized spacial score (nSPS) is 9.56. The topological polar surface area (TPSA) is 37.3 Å². The summed E-state index contributed by atoms with van der Waals surface area (Å²) in [5.74, 6) is 10.5. The van der Waals surface area contributed by atoms with Gasteiger partial charge >= 0.3 is 5.97 Å². The number of rotatable bonds is 5. The lowest BCUT2D eigenvalue weighted by Gasteiger charge is -1.80. The third-order valence-electron chi connectivity index (χ3n) is 1.54. The van der Waals surface area contributed by atoms with Gasteiger partial charge in [0.2, 0.25) is 0 Å². The van der Waals surface area contributed by atoms with Crippen LogP contribution in [-0.2, 0) is 4.79 Å². The highest BCUT2D eigenvalue weighted by Crippen LogP contribution is 1.89. The number of carbonyl (C=O) groups is 1. The Labute approximate surface area is 97.1 Å². The van der Waals surface area contributed by atoms with E-state index in [1.807, 2.05) is 6.08 Å². The van der Waals surface area contributed by atoms with E-state index in [9.17, 15) is 4.79 Å². The quantitative estimate of drug-likeness (QED) is 0.332. The molecule has 0 aromatic heterocycles. The van der Waals surface area contributed by atoms with Gasteiger partial charge in [-0.2, -0.15) is 0 Å². The lowest BCUT2D eigenvalue weighted by Crippen LogP contribution is -1.84. The minimum atomic E-state index is -0.935. The molecule has 0 rings (SSSR count). The predicted octanol–water partition coefficient (Wildman–Crippen LogP) is 2.77. The molecular weight excluding hydrogens is 200 g/mol. The first-order chi connectivity index (χ1) is 7.77. The van der Waals surface area contributed by atoms with Crippen molar-refractivity contribution in [2.45, 2.75) is 32.6 Å². The number of hydrogen-bond donors (Lipinski definition) is 1. The van der Waals surface area contributed by atoms with E-state index in [1.165, 1.54) is 6.08 Å². The van der Waals surface area contributed by atoms with E-state index in [0.717, 1.165) is 31.8 Å². The first-order valence-corrected chi connectivity index (χ1v) is 5.29. The van der Waals surface area contributed by atoms with Gasteiger partial charge < -0.3 is 5.11 Å². The van der Waals surface area contributed by atoms with Gasteiger partial charge in [0.05, 0.1) is 0 Å². The van der Waals surface area contributed by atoms with Gasteiger partial charge in [0.25, 0.3) is 0 Å². The van der Waals surface area contributed by atoms with Crippen LogP contribution >= 0.6 is 0 Å². The van der Waals surface area contributed by atoms with Crippen LogP contribution in [0.5, 0.6) is 0 Å². The molecule has 0 aromatic carbocycles. The monoisotopic (exact) mass is 216 g/mol. The second-order valence-corrected chi connectivity index (χ2v) is 3.02. The molecule has 16 heavy (non-hydrogen) atoms. The molecule has 0 aliphatic rings. The van der Waals surface area contributed by atoms with E-state index >= 15 is 0 Å². The molecular formula is C14H16O2. The number of carboxylic acid groups (broad SMARTS) is 1. The molecule has 0 atom stereocenters. The maximum Gasteiger partial charge on any atom is 0.328 e. The minimum Gasteiger partial charge on any atom is -0.478 e. The number of allylic oxidation sites excluding steroid dienone is 3. The summed E-state index contributed by atoms with van der Waals surface area (Å²) in [5, 5.41) is 8.30. The van der Waals surface area contributed by atoms with Crippen LogP contribution in [-0.4, -0.2) is 11.1 Å². The Morgan fingerprint density at radius 1 is 1.19 bits per heavy atom. The average Bonchev–Trinajstić information content (AvgIpc) is 2.25. The Kier molecular flexibility index (Phi) is 9.80. The summed E-state index contributed by atoms with van der Waals surface area (Å²) in [4.78, 5) is 10.1. The van der Waals surface area contributed by atoms with Gasteiger partial charge in [-0.3, -0.25) is 0 Å². The second kappa shape index (κ2) is 11.1. The van der Waals surface area contributed by atoms with Gasteiger partial charge in [-0.15, -0.1) is 0 Å². The minimum absolute atomic E-state index is 0.748. The summed E-state index contributed by atoms with van der Waals surface area (Å²) in [6.07, 6.45) is 9.70. The molecule has 0 heterocycles. The molecule has 0 aliphatic carbocycles. The molecule has 0 aromatic rings. The fourth-order valence-corrected chi connectivity index (χ4v) is 0.807. The van der Waals surface area contributed by atoms with Crippen LogP contribution < -0.4 is 0 Å². The van der Waals surface area contributed by atoms with Gasteiger partial charge in [-0.25, -0.2) is 4.79 Å². The molecule has 0 unspecified atom stereocenters. The van der Waals surface area contributed by atoms with E-state index in [-0.39, 0.29) is 0 Å². The second-order valence-electron chi connectivity index (χ2n) is 3.02. The van der Waals surface area contributed by atoms with Gasteiger partial charge in [0.1, 0.15) is 0 Å². The van der Waals surface area contributed by atoms with Gasteiger partial charge in [0, 0.05) is 18.9 Å². The van der Waals surface area contributed by atoms with E-state index in [2.05, 4.69) is 30.6 Å². The zero-order valence-corrected chi connectivity index (χ0v) is 9.49. The van der Waals surface area contributed by atoms with Crippen molar-refractivity contribution in [2.75, 3.05) is 0 Å². The third-order valence-corrected chi connectivity index (χ3v) is 1.54. The summed E-state index contributed by atoms with van der Waals surface area (Å²) >= 11 is 0. The predicted molar refractivity (Wildman–Crippen MR) is 65.6 cm³/mol. The van der Waals surface area contributed by atoms with Crippen LogP contribution in [0.3, 0.4) is 0 Å². The SMILES string of the molecule is CCCC#CC#CCC/C=C/C=C/C(=O)O. The highest BCUT2D eigenvalue weighted by molar-refractivity contribution is 5.80. The van der Waals surface area contributed by atoms with Crippen molar-refractivity contribution in [2.24, 2.45) is 0 Å². The molecule has 0 saturated heterocycles. The Balaban J connectivity index is 3.61. The standard InChI is InChI=1S/C14H16O2/c1-2-3-4-5-6-7-8-9-10-11-12-13-14(15)16/h10-13H,2-3,8-9H2,1H3,(H,15,16)/b11-10+,13-12+. The fraction of sp³-hybridized carbons (Fsp3) is 0.357. The van der Waals surface area contributed by atoms with Crippen molar-refractivity contribution in [1.29, 1.82) is 0 Å². The van der Waals surface area contributed by atoms with Crippen molar-refractivity contribution < 1.29 is 9.90 Å². The molecule has 0 amide bonds. The van der Waals surface area contributed by atoms with Gasteiger partial charge in [-0.1, -0.05) is 37.0 Å². The Morgan fingerprint density at radius 2 is 1.88 bits per heavy atom. The number of unbranched alkanes of at least 4 members (excludes halogenated alkanes) is 2. The molecule has 2 heteroatoms. The van der Waals surface area contributed by atoms with Crippen molar-refractivity contribution >= 4 is 5.97 Å². The molecule has 2 nitrogen and oxygen atoms in total. The summed E-state index contributed by atoms with van der Waals surface area (Å²) in [5.41, 5.74) is 0. The van der Waals surface area contributed by atoms with Gasteiger partial charge in [0.15, 0.2) is 0 Å². The summed E-state index contributed by atoms with van der Waals surface area (Å²) < 4.78 is 0. The highest BCUT2D eigenvalue weighted by atomic mass is 16.4. The molecule has 0 aliphatic heterocycles. The van der Waals surface area contributed by atoms with Crippen molar-refractivity contribution in [3.63, 3.8) is 0 Å². The van der Waals surface area contributed by atoms with E-state index in [1.54, 1.807) is 6.08 Å². The molecule has 0 fully saturated rings. The van der Waals surface area contributed by atoms with Crippen LogP contribution in [0, 0.1) is 23.7 Å². The smallest absolute Gasteiger partial charge is 0.328 e. The first-order valence-electron chi connectivity index (χ1n) is 5.29. The van der Waals surface area contributed by atoms with Crippen molar-refractivity contribution in [3.05, 3.63) is 24.3 Å². The average molecular weight is 216 g/mol. The largest absolute Gasteiger partial charge is 0.478 e. The Hall–Kier alpha value is -1.93. The Morgan fingerprint density at radius 3 is 2.50 bits per heavy atom. The van der Waals surface area contributed by atoms with Crippen LogP contribution in [0.1, 0.15) is 32.6 Å². The van der Waals surface area contributed by atoms with Crippen molar-refractivity contribution in [1.82, 2.24) is 0 Å². The third kappa shape index (κ3) is 12.1. The highest BCUT2D eigenvalue weighted by Gasteiger charge is 1.80. The lowest BCUT2D eigenvalue weighted by atomic mass is 10.3. The van der Waals surface area contributed by atoms with Crippen molar-refractivity contribution in [3.8, 4) is 23.7 Å². The molecule has 0 bridgehead atoms. The first kappa shape index (κ1) is 14.1. The molecule has 0 spiro atoms. The number of carboxylic acids is 1. The zero-order valence-electron chi connectivity index (χ0n) is 9.49. The Bertz CT molecular complexity index is 367. The maximum atomic E-state index is 10.1. The molecule has 0 saturated carbocycles. The summed E-state index contributed by atoms with van der Waals surface area (Å²) in [6.45, 7) is 2.08. The van der Waals surface area contributed by atoms with E-state index in [4.69, 9.17) is 5.11 Å². The fourth-order valence-electron chi connectivity index (χ4n) is 0.807. The van der Waals surface area contributed by atoms with Gasteiger partial charge in [-0.05, 0) is 24.7 Å². The number of aliphatic carboxylic acids is 1. The van der Waals surface area contributed by atoms with Crippen LogP contribution in [0.2, 0.25) is 0 Å². The lowest BCUT2D eigenvalue weighted by molar-refractivity contribution is -0.131. The summed E-state index contributed by atoms with van der Waals surface area (Å²) in [7, 11) is 0. The van der Waals surface area contributed by atoms with Crippen LogP contribution in [0.4, 0.5) is 0 Å². The maximum absolute atomic E-state index is 10.1. The number of hydrogen-bond acceptors (Lipinski definition) is 1.